The van der Waals surface area contributed by atoms with Crippen LogP contribution in [-0.4, -0.2) is 48.3 Å². The highest BCUT2D eigenvalue weighted by atomic mass is 16.7. The van der Waals surface area contributed by atoms with Gasteiger partial charge in [0.15, 0.2) is 11.5 Å². The predicted molar refractivity (Wildman–Crippen MR) is 125 cm³/mol. The van der Waals surface area contributed by atoms with Gasteiger partial charge in [-0.15, -0.1) is 0 Å². The molecule has 1 amide bonds. The first-order valence-electron chi connectivity index (χ1n) is 11.7. The van der Waals surface area contributed by atoms with E-state index in [4.69, 9.17) is 9.47 Å². The minimum Gasteiger partial charge on any atom is -0.454 e. The van der Waals surface area contributed by atoms with Crippen LogP contribution in [0.5, 0.6) is 11.5 Å². The summed E-state index contributed by atoms with van der Waals surface area (Å²) in [7, 11) is 0. The van der Waals surface area contributed by atoms with Crippen LogP contribution in [0, 0.1) is 0 Å². The first-order valence-corrected chi connectivity index (χ1v) is 11.7. The van der Waals surface area contributed by atoms with E-state index in [1.165, 1.54) is 29.3 Å². The second-order valence-electron chi connectivity index (χ2n) is 8.66. The molecule has 0 aliphatic carbocycles. The molecule has 1 saturated heterocycles. The van der Waals surface area contributed by atoms with Gasteiger partial charge in [-0.25, -0.2) is 0 Å². The van der Waals surface area contributed by atoms with Crippen molar-refractivity contribution in [2.24, 2.45) is 0 Å². The highest BCUT2D eigenvalue weighted by molar-refractivity contribution is 5.86. The van der Waals surface area contributed by atoms with Crippen LogP contribution in [0.4, 0.5) is 0 Å². The van der Waals surface area contributed by atoms with Gasteiger partial charge >= 0.3 is 0 Å². The first-order chi connectivity index (χ1) is 15.7. The molecule has 3 heterocycles. The number of nitrogens with one attached hydrogen (secondary N) is 1. The maximum Gasteiger partial charge on any atom is 0.231 e. The summed E-state index contributed by atoms with van der Waals surface area (Å²) in [5.41, 5.74) is 3.45. The van der Waals surface area contributed by atoms with E-state index in [2.05, 4.69) is 58.2 Å². The third kappa shape index (κ3) is 4.19. The van der Waals surface area contributed by atoms with Gasteiger partial charge in [0.05, 0.1) is 0 Å². The van der Waals surface area contributed by atoms with E-state index in [9.17, 15) is 4.79 Å². The average Bonchev–Trinajstić information content (AvgIpc) is 3.56. The van der Waals surface area contributed by atoms with Crippen molar-refractivity contribution in [1.82, 2.24) is 14.8 Å². The molecule has 5 rings (SSSR count). The Bertz CT molecular complexity index is 1100. The maximum atomic E-state index is 13.0. The zero-order valence-electron chi connectivity index (χ0n) is 18.7. The Morgan fingerprint density at radius 3 is 2.75 bits per heavy atom. The number of rotatable bonds is 8. The van der Waals surface area contributed by atoms with Crippen LogP contribution in [0.25, 0.3) is 10.9 Å². The number of likely N-dealkylation sites (tertiary alicyclic amines) is 1. The molecular weight excluding hydrogens is 402 g/mol. The summed E-state index contributed by atoms with van der Waals surface area (Å²) in [6, 6.07) is 14.5. The monoisotopic (exact) mass is 433 g/mol. The highest BCUT2D eigenvalue weighted by Gasteiger charge is 2.25. The number of nitrogens with zero attached hydrogens (tertiary/aromatic N) is 2. The van der Waals surface area contributed by atoms with Crippen LogP contribution in [0.3, 0.4) is 0 Å². The molecule has 6 nitrogen and oxygen atoms in total. The lowest BCUT2D eigenvalue weighted by atomic mass is 9.87. The molecule has 0 bridgehead atoms. The maximum absolute atomic E-state index is 13.0. The largest absolute Gasteiger partial charge is 0.454 e. The smallest absolute Gasteiger partial charge is 0.231 e. The number of ether oxygens (including phenoxy) is 2. The van der Waals surface area contributed by atoms with Gasteiger partial charge in [-0.1, -0.05) is 24.3 Å². The van der Waals surface area contributed by atoms with Gasteiger partial charge in [-0.3, -0.25) is 4.79 Å². The van der Waals surface area contributed by atoms with Gasteiger partial charge in [-0.2, -0.15) is 0 Å². The van der Waals surface area contributed by atoms with E-state index < -0.39 is 0 Å². The fourth-order valence-electron chi connectivity index (χ4n) is 4.97. The Labute approximate surface area is 189 Å². The molecule has 1 aromatic heterocycles. The summed E-state index contributed by atoms with van der Waals surface area (Å²) in [5.74, 6) is 1.54. The van der Waals surface area contributed by atoms with Gasteiger partial charge in [0.25, 0.3) is 0 Å². The fraction of sp³-hybridized carbons (Fsp3) is 0.423. The van der Waals surface area contributed by atoms with E-state index in [1.807, 2.05) is 12.1 Å². The molecule has 32 heavy (non-hydrogen) atoms. The molecular formula is C26H31N3O3. The quantitative estimate of drug-likeness (QED) is 0.581. The molecule has 2 aromatic carbocycles. The van der Waals surface area contributed by atoms with Crippen LogP contribution in [0.15, 0.2) is 48.7 Å². The minimum atomic E-state index is -0.0611. The number of carbonyl (C=O) groups excluding carboxylic acids is 1. The second kappa shape index (κ2) is 9.25. The minimum absolute atomic E-state index is 0.0611. The van der Waals surface area contributed by atoms with Gasteiger partial charge in [0.2, 0.25) is 12.7 Å². The molecule has 0 saturated carbocycles. The SMILES string of the molecule is CCn1cc(C(CC(=O)NCCN2CCCC2)c2ccc3c(c2)OCO3)c2ccccc21. The van der Waals surface area contributed by atoms with Crippen molar-refractivity contribution >= 4 is 16.8 Å². The van der Waals surface area contributed by atoms with Crippen molar-refractivity contribution in [2.75, 3.05) is 33.0 Å². The van der Waals surface area contributed by atoms with E-state index in [-0.39, 0.29) is 18.6 Å². The van der Waals surface area contributed by atoms with Crippen LogP contribution in [0.1, 0.15) is 43.2 Å². The summed E-state index contributed by atoms with van der Waals surface area (Å²) in [6.07, 6.45) is 5.14. The lowest BCUT2D eigenvalue weighted by Gasteiger charge is -2.19. The van der Waals surface area contributed by atoms with Crippen molar-refractivity contribution in [3.63, 3.8) is 0 Å². The molecule has 1 unspecified atom stereocenters. The van der Waals surface area contributed by atoms with Crippen LogP contribution in [0.2, 0.25) is 0 Å². The molecule has 0 radical (unpaired) electrons. The molecule has 1 fully saturated rings. The topological polar surface area (TPSA) is 55.7 Å². The molecule has 1 N–H and O–H groups in total. The predicted octanol–water partition coefficient (Wildman–Crippen LogP) is 4.12. The molecule has 3 aromatic rings. The summed E-state index contributed by atoms with van der Waals surface area (Å²) < 4.78 is 13.4. The molecule has 6 heteroatoms. The number of hydrogen-bond acceptors (Lipinski definition) is 4. The van der Waals surface area contributed by atoms with Crippen molar-refractivity contribution in [3.8, 4) is 11.5 Å². The summed E-state index contributed by atoms with van der Waals surface area (Å²) >= 11 is 0. The number of para-hydroxylation sites is 1. The van der Waals surface area contributed by atoms with E-state index >= 15 is 0 Å². The van der Waals surface area contributed by atoms with E-state index in [0.29, 0.717) is 13.0 Å². The van der Waals surface area contributed by atoms with Crippen LogP contribution in [-0.2, 0) is 11.3 Å². The first kappa shape index (κ1) is 20.9. The van der Waals surface area contributed by atoms with Crippen LogP contribution >= 0.6 is 0 Å². The van der Waals surface area contributed by atoms with Gasteiger partial charge in [-0.05, 0) is 62.2 Å². The number of hydrogen-bond donors (Lipinski definition) is 1. The Kier molecular flexibility index (Phi) is 6.04. The standard InChI is InChI=1S/C26H31N3O3/c1-2-29-17-22(20-7-3-4-8-23(20)29)21(19-9-10-24-25(15-19)32-18-31-24)16-26(30)27-11-14-28-12-5-6-13-28/h3-4,7-10,15,17,21H,2,5-6,11-14,16,18H2,1H3,(H,27,30). The van der Waals surface area contributed by atoms with Gasteiger partial charge in [0, 0.05) is 49.1 Å². The van der Waals surface area contributed by atoms with Crippen molar-refractivity contribution in [3.05, 3.63) is 59.8 Å². The molecule has 0 spiro atoms. The van der Waals surface area contributed by atoms with Crippen molar-refractivity contribution in [1.29, 1.82) is 0 Å². The lowest BCUT2D eigenvalue weighted by Crippen LogP contribution is -2.34. The van der Waals surface area contributed by atoms with Crippen LogP contribution < -0.4 is 14.8 Å². The summed E-state index contributed by atoms with van der Waals surface area (Å²) in [5, 5.41) is 4.35. The number of carbonyl (C=O) groups is 1. The third-order valence-corrected chi connectivity index (χ3v) is 6.67. The van der Waals surface area contributed by atoms with Crippen molar-refractivity contribution < 1.29 is 14.3 Å². The van der Waals surface area contributed by atoms with E-state index in [1.54, 1.807) is 0 Å². The Morgan fingerprint density at radius 1 is 1.09 bits per heavy atom. The zero-order chi connectivity index (χ0) is 21.9. The second-order valence-corrected chi connectivity index (χ2v) is 8.66. The fourth-order valence-corrected chi connectivity index (χ4v) is 4.97. The molecule has 2 aliphatic rings. The normalized spacial score (nSPS) is 16.5. The number of fused-ring (bicyclic) bond motifs is 2. The Hall–Kier alpha value is -2.99. The lowest BCUT2D eigenvalue weighted by molar-refractivity contribution is -0.121. The summed E-state index contributed by atoms with van der Waals surface area (Å²) in [4.78, 5) is 15.4. The average molecular weight is 434 g/mol. The Balaban J connectivity index is 1.42. The Morgan fingerprint density at radius 2 is 1.91 bits per heavy atom. The third-order valence-electron chi connectivity index (χ3n) is 6.67. The molecule has 168 valence electrons. The number of aryl methyl sites for hydroxylation is 1. The van der Waals surface area contributed by atoms with Gasteiger partial charge < -0.3 is 24.3 Å². The zero-order valence-corrected chi connectivity index (χ0v) is 18.7. The number of aromatic nitrogens is 1. The van der Waals surface area contributed by atoms with E-state index in [0.717, 1.165) is 43.2 Å². The number of amides is 1. The number of benzene rings is 2. The highest BCUT2D eigenvalue weighted by Crippen LogP contribution is 2.40. The summed E-state index contributed by atoms with van der Waals surface area (Å²) in [6.45, 7) is 7.19. The van der Waals surface area contributed by atoms with Crippen molar-refractivity contribution in [2.45, 2.75) is 38.6 Å². The van der Waals surface area contributed by atoms with Gasteiger partial charge in [0.1, 0.15) is 0 Å². The molecule has 2 aliphatic heterocycles. The molecule has 1 atom stereocenters.